The zero-order valence-electron chi connectivity index (χ0n) is 12.1. The summed E-state index contributed by atoms with van der Waals surface area (Å²) in [6.45, 7) is 9.86. The van der Waals surface area contributed by atoms with Gasteiger partial charge < -0.3 is 10.4 Å². The fourth-order valence-electron chi connectivity index (χ4n) is 3.02. The highest BCUT2D eigenvalue weighted by Gasteiger charge is 2.23. The number of aliphatic hydroxyl groups is 1. The molecule has 2 atom stereocenters. The first-order chi connectivity index (χ1) is 7.99. The first-order valence-electron chi connectivity index (χ1n) is 7.40. The Morgan fingerprint density at radius 1 is 1.06 bits per heavy atom. The summed E-state index contributed by atoms with van der Waals surface area (Å²) in [6, 6.07) is 0.724. The Labute approximate surface area is 107 Å². The van der Waals surface area contributed by atoms with Crippen LogP contribution in [0.5, 0.6) is 0 Å². The largest absolute Gasteiger partial charge is 0.393 e. The van der Waals surface area contributed by atoms with E-state index in [1.54, 1.807) is 0 Å². The van der Waals surface area contributed by atoms with Gasteiger partial charge in [0, 0.05) is 6.04 Å². The third-order valence-electron chi connectivity index (χ3n) is 4.21. The first-order valence-corrected chi connectivity index (χ1v) is 7.40. The van der Waals surface area contributed by atoms with E-state index in [9.17, 15) is 5.11 Å². The SMILES string of the molecule is CC(O)CC(C)CNC1CCC(C(C)C)CC1. The summed E-state index contributed by atoms with van der Waals surface area (Å²) in [5.41, 5.74) is 0. The molecule has 17 heavy (non-hydrogen) atoms. The molecule has 1 aliphatic rings. The molecule has 0 bridgehead atoms. The summed E-state index contributed by atoms with van der Waals surface area (Å²) < 4.78 is 0. The zero-order valence-corrected chi connectivity index (χ0v) is 12.1. The molecule has 0 aromatic rings. The second-order valence-corrected chi connectivity index (χ2v) is 6.45. The topological polar surface area (TPSA) is 32.3 Å². The Kier molecular flexibility index (Phi) is 6.50. The molecule has 102 valence electrons. The van der Waals surface area contributed by atoms with Crippen LogP contribution >= 0.6 is 0 Å². The fourth-order valence-corrected chi connectivity index (χ4v) is 3.02. The molecule has 2 nitrogen and oxygen atoms in total. The van der Waals surface area contributed by atoms with Gasteiger partial charge in [-0.15, -0.1) is 0 Å². The van der Waals surface area contributed by atoms with Crippen LogP contribution in [0, 0.1) is 17.8 Å². The normalized spacial score (nSPS) is 29.3. The van der Waals surface area contributed by atoms with Crippen LogP contribution in [0.3, 0.4) is 0 Å². The van der Waals surface area contributed by atoms with Gasteiger partial charge in [-0.2, -0.15) is 0 Å². The summed E-state index contributed by atoms with van der Waals surface area (Å²) in [4.78, 5) is 0. The number of hydrogen-bond acceptors (Lipinski definition) is 2. The lowest BCUT2D eigenvalue weighted by Gasteiger charge is -2.32. The molecule has 2 unspecified atom stereocenters. The van der Waals surface area contributed by atoms with E-state index in [2.05, 4.69) is 26.1 Å². The van der Waals surface area contributed by atoms with Crippen molar-refractivity contribution in [1.82, 2.24) is 5.32 Å². The molecule has 2 N–H and O–H groups in total. The van der Waals surface area contributed by atoms with E-state index >= 15 is 0 Å². The highest BCUT2D eigenvalue weighted by Crippen LogP contribution is 2.29. The van der Waals surface area contributed by atoms with Gasteiger partial charge in [0.25, 0.3) is 0 Å². The van der Waals surface area contributed by atoms with Crippen molar-refractivity contribution in [3.05, 3.63) is 0 Å². The van der Waals surface area contributed by atoms with Crippen LogP contribution in [0.25, 0.3) is 0 Å². The van der Waals surface area contributed by atoms with Crippen LogP contribution in [-0.4, -0.2) is 23.8 Å². The van der Waals surface area contributed by atoms with Crippen LogP contribution in [0.2, 0.25) is 0 Å². The van der Waals surface area contributed by atoms with Crippen LogP contribution in [0.1, 0.15) is 59.8 Å². The molecule has 1 saturated carbocycles. The highest BCUT2D eigenvalue weighted by atomic mass is 16.3. The second kappa shape index (κ2) is 7.38. The van der Waals surface area contributed by atoms with Crippen molar-refractivity contribution in [2.24, 2.45) is 17.8 Å². The standard InChI is InChI=1S/C15H31NO/c1-11(2)14-5-7-15(8-6-14)16-10-12(3)9-13(4)17/h11-17H,5-10H2,1-4H3. The lowest BCUT2D eigenvalue weighted by atomic mass is 9.79. The van der Waals surface area contributed by atoms with Gasteiger partial charge in [0.05, 0.1) is 6.10 Å². The molecular weight excluding hydrogens is 210 g/mol. The first kappa shape index (κ1) is 15.0. The average Bonchev–Trinajstić information content (AvgIpc) is 2.26. The van der Waals surface area contributed by atoms with Gasteiger partial charge in [0.1, 0.15) is 0 Å². The molecule has 0 heterocycles. The Morgan fingerprint density at radius 2 is 1.65 bits per heavy atom. The van der Waals surface area contributed by atoms with Gasteiger partial charge in [0.2, 0.25) is 0 Å². The van der Waals surface area contributed by atoms with Crippen molar-refractivity contribution >= 4 is 0 Å². The molecule has 1 rings (SSSR count). The lowest BCUT2D eigenvalue weighted by molar-refractivity contribution is 0.159. The molecular formula is C15H31NO. The predicted molar refractivity (Wildman–Crippen MR) is 74.0 cm³/mol. The molecule has 0 spiro atoms. The molecule has 1 fully saturated rings. The third kappa shape index (κ3) is 5.87. The monoisotopic (exact) mass is 241 g/mol. The summed E-state index contributed by atoms with van der Waals surface area (Å²) >= 11 is 0. The van der Waals surface area contributed by atoms with Crippen molar-refractivity contribution in [2.45, 2.75) is 71.9 Å². The lowest BCUT2D eigenvalue weighted by Crippen LogP contribution is -2.37. The zero-order chi connectivity index (χ0) is 12.8. The minimum atomic E-state index is -0.163. The van der Waals surface area contributed by atoms with Crippen molar-refractivity contribution < 1.29 is 5.11 Å². The third-order valence-corrected chi connectivity index (χ3v) is 4.21. The van der Waals surface area contributed by atoms with Crippen molar-refractivity contribution in [3.8, 4) is 0 Å². The van der Waals surface area contributed by atoms with Crippen LogP contribution in [-0.2, 0) is 0 Å². The van der Waals surface area contributed by atoms with Gasteiger partial charge in [0.15, 0.2) is 0 Å². The minimum absolute atomic E-state index is 0.163. The molecule has 0 aromatic carbocycles. The quantitative estimate of drug-likeness (QED) is 0.748. The van der Waals surface area contributed by atoms with E-state index in [1.165, 1.54) is 25.7 Å². The number of rotatable bonds is 6. The molecule has 0 radical (unpaired) electrons. The molecule has 0 aromatic heterocycles. The molecule has 0 amide bonds. The maximum Gasteiger partial charge on any atom is 0.0515 e. The smallest absolute Gasteiger partial charge is 0.0515 e. The molecule has 2 heteroatoms. The molecule has 1 aliphatic carbocycles. The van der Waals surface area contributed by atoms with E-state index in [0.717, 1.165) is 30.8 Å². The van der Waals surface area contributed by atoms with Gasteiger partial charge in [-0.25, -0.2) is 0 Å². The van der Waals surface area contributed by atoms with Crippen LogP contribution < -0.4 is 5.32 Å². The molecule has 0 aliphatic heterocycles. The Balaban J connectivity index is 2.14. The summed E-state index contributed by atoms with van der Waals surface area (Å²) in [5.74, 6) is 2.38. The summed E-state index contributed by atoms with van der Waals surface area (Å²) in [7, 11) is 0. The predicted octanol–water partition coefficient (Wildman–Crippen LogP) is 3.20. The Bertz CT molecular complexity index is 195. The average molecular weight is 241 g/mol. The van der Waals surface area contributed by atoms with E-state index in [1.807, 2.05) is 6.92 Å². The van der Waals surface area contributed by atoms with E-state index in [-0.39, 0.29) is 6.10 Å². The van der Waals surface area contributed by atoms with Crippen LogP contribution in [0.4, 0.5) is 0 Å². The Hall–Kier alpha value is -0.0800. The van der Waals surface area contributed by atoms with Gasteiger partial charge >= 0.3 is 0 Å². The maximum atomic E-state index is 9.33. The second-order valence-electron chi connectivity index (χ2n) is 6.45. The van der Waals surface area contributed by atoms with Gasteiger partial charge in [-0.05, 0) is 63.3 Å². The van der Waals surface area contributed by atoms with Gasteiger partial charge in [-0.3, -0.25) is 0 Å². The number of hydrogen-bond donors (Lipinski definition) is 2. The minimum Gasteiger partial charge on any atom is -0.393 e. The van der Waals surface area contributed by atoms with Crippen molar-refractivity contribution in [3.63, 3.8) is 0 Å². The molecule has 0 saturated heterocycles. The van der Waals surface area contributed by atoms with E-state index < -0.39 is 0 Å². The van der Waals surface area contributed by atoms with Crippen molar-refractivity contribution in [2.75, 3.05) is 6.54 Å². The van der Waals surface area contributed by atoms with E-state index in [0.29, 0.717) is 5.92 Å². The van der Waals surface area contributed by atoms with Crippen LogP contribution in [0.15, 0.2) is 0 Å². The maximum absolute atomic E-state index is 9.33. The summed E-state index contributed by atoms with van der Waals surface area (Å²) in [6.07, 6.45) is 6.20. The Morgan fingerprint density at radius 3 is 2.12 bits per heavy atom. The van der Waals surface area contributed by atoms with E-state index in [4.69, 9.17) is 0 Å². The van der Waals surface area contributed by atoms with Gasteiger partial charge in [-0.1, -0.05) is 20.8 Å². The fraction of sp³-hybridized carbons (Fsp3) is 1.00. The summed E-state index contributed by atoms with van der Waals surface area (Å²) in [5, 5.41) is 13.0. The number of nitrogens with one attached hydrogen (secondary N) is 1. The number of aliphatic hydroxyl groups excluding tert-OH is 1. The van der Waals surface area contributed by atoms with Crippen molar-refractivity contribution in [1.29, 1.82) is 0 Å². The highest BCUT2D eigenvalue weighted by molar-refractivity contribution is 4.79.